The fraction of sp³-hybridized carbons (Fsp3) is 0.364. The maximum Gasteiger partial charge on any atom is 0.277 e. The number of ether oxygens (including phenoxy) is 1. The highest BCUT2D eigenvalue weighted by molar-refractivity contribution is 9.10. The van der Waals surface area contributed by atoms with Crippen molar-refractivity contribution >= 4 is 27.5 Å². The molecule has 4 nitrogen and oxygen atoms in total. The Kier molecular flexibility index (Phi) is 7.60. The van der Waals surface area contributed by atoms with Crippen molar-refractivity contribution in [3.8, 4) is 5.75 Å². The molecule has 0 aliphatic rings. The number of amides is 1. The normalized spacial score (nSPS) is 12.0. The zero-order valence-electron chi connectivity index (χ0n) is 16.4. The first-order valence-corrected chi connectivity index (χ1v) is 9.94. The molecule has 0 radical (unpaired) electrons. The number of nitrogens with one attached hydrogen (secondary N) is 1. The van der Waals surface area contributed by atoms with Crippen LogP contribution in [0.4, 0.5) is 0 Å². The fourth-order valence-corrected chi connectivity index (χ4v) is 3.02. The van der Waals surface area contributed by atoms with Gasteiger partial charge in [-0.2, -0.15) is 5.10 Å². The van der Waals surface area contributed by atoms with E-state index < -0.39 is 0 Å². The molecule has 1 N–H and O–H groups in total. The van der Waals surface area contributed by atoms with Gasteiger partial charge in [-0.15, -0.1) is 0 Å². The lowest BCUT2D eigenvalue weighted by molar-refractivity contribution is -0.123. The van der Waals surface area contributed by atoms with E-state index in [2.05, 4.69) is 54.2 Å². The Labute approximate surface area is 170 Å². The highest BCUT2D eigenvalue weighted by Crippen LogP contribution is 2.31. The van der Waals surface area contributed by atoms with Gasteiger partial charge in [-0.05, 0) is 51.0 Å². The second-order valence-corrected chi connectivity index (χ2v) is 8.25. The van der Waals surface area contributed by atoms with Crippen LogP contribution in [0.25, 0.3) is 0 Å². The lowest BCUT2D eigenvalue weighted by Crippen LogP contribution is -2.26. The maximum atomic E-state index is 12.1. The van der Waals surface area contributed by atoms with E-state index in [9.17, 15) is 4.79 Å². The molecule has 2 aromatic carbocycles. The molecule has 27 heavy (non-hydrogen) atoms. The number of carbonyl (C=O) groups is 1. The Hall–Kier alpha value is -2.14. The van der Waals surface area contributed by atoms with Crippen molar-refractivity contribution in [2.24, 2.45) is 5.10 Å². The van der Waals surface area contributed by atoms with Crippen LogP contribution in [0.3, 0.4) is 0 Å². The summed E-state index contributed by atoms with van der Waals surface area (Å²) in [6.07, 6.45) is 1.75. The molecule has 2 rings (SSSR count). The predicted molar refractivity (Wildman–Crippen MR) is 114 cm³/mol. The van der Waals surface area contributed by atoms with Crippen molar-refractivity contribution in [3.63, 3.8) is 0 Å². The van der Waals surface area contributed by atoms with Gasteiger partial charge < -0.3 is 4.74 Å². The summed E-state index contributed by atoms with van der Waals surface area (Å²) in [7, 11) is 0. The smallest absolute Gasteiger partial charge is 0.277 e. The third-order valence-electron chi connectivity index (χ3n) is 4.07. The van der Waals surface area contributed by atoms with Crippen LogP contribution in [-0.4, -0.2) is 18.2 Å². The molecule has 0 fully saturated rings. The standard InChI is InChI=1S/C22H27BrN2O2/c1-5-9-19(16-10-7-6-8-11-16)24-25-21(26)15-27-20-13-12-17(14-18(20)23)22(2,3)4/h6-8,10-14H,5,9,15H2,1-4H3,(H,25,26). The number of halogens is 1. The molecule has 0 bridgehead atoms. The van der Waals surface area contributed by atoms with Crippen LogP contribution in [0.15, 0.2) is 58.1 Å². The van der Waals surface area contributed by atoms with Crippen molar-refractivity contribution < 1.29 is 9.53 Å². The van der Waals surface area contributed by atoms with Crippen LogP contribution >= 0.6 is 15.9 Å². The summed E-state index contributed by atoms with van der Waals surface area (Å²) in [5.41, 5.74) is 5.73. The van der Waals surface area contributed by atoms with E-state index in [1.807, 2.05) is 48.5 Å². The van der Waals surface area contributed by atoms with Gasteiger partial charge in [0, 0.05) is 0 Å². The summed E-state index contributed by atoms with van der Waals surface area (Å²) in [4.78, 5) is 12.1. The molecule has 0 atom stereocenters. The third-order valence-corrected chi connectivity index (χ3v) is 4.69. The van der Waals surface area contributed by atoms with Gasteiger partial charge in [-0.1, -0.05) is 70.5 Å². The number of benzene rings is 2. The maximum absolute atomic E-state index is 12.1. The van der Waals surface area contributed by atoms with Gasteiger partial charge in [0.2, 0.25) is 0 Å². The second-order valence-electron chi connectivity index (χ2n) is 7.39. The molecule has 5 heteroatoms. The summed E-state index contributed by atoms with van der Waals surface area (Å²) >= 11 is 3.52. The Morgan fingerprint density at radius 3 is 2.44 bits per heavy atom. The van der Waals surface area contributed by atoms with E-state index in [0.29, 0.717) is 5.75 Å². The average molecular weight is 431 g/mol. The van der Waals surface area contributed by atoms with Crippen molar-refractivity contribution in [1.29, 1.82) is 0 Å². The lowest BCUT2D eigenvalue weighted by atomic mass is 9.87. The molecular weight excluding hydrogens is 404 g/mol. The quantitative estimate of drug-likeness (QED) is 0.469. The van der Waals surface area contributed by atoms with E-state index in [1.54, 1.807) is 0 Å². The van der Waals surface area contributed by atoms with Crippen LogP contribution in [-0.2, 0) is 10.2 Å². The minimum absolute atomic E-state index is 0.0558. The second kappa shape index (κ2) is 9.70. The van der Waals surface area contributed by atoms with Gasteiger partial charge in [0.05, 0.1) is 10.2 Å². The van der Waals surface area contributed by atoms with E-state index in [4.69, 9.17) is 4.74 Å². The molecule has 144 valence electrons. The Balaban J connectivity index is 1.97. The summed E-state index contributed by atoms with van der Waals surface area (Å²) in [5, 5.41) is 4.29. The number of hydrogen-bond acceptors (Lipinski definition) is 3. The molecular formula is C22H27BrN2O2. The average Bonchev–Trinajstić information content (AvgIpc) is 2.64. The molecule has 0 saturated heterocycles. The van der Waals surface area contributed by atoms with Gasteiger partial charge in [-0.3, -0.25) is 4.79 Å². The number of nitrogens with zero attached hydrogens (tertiary/aromatic N) is 1. The molecule has 0 unspecified atom stereocenters. The summed E-state index contributed by atoms with van der Waals surface area (Å²) in [5.74, 6) is 0.352. The summed E-state index contributed by atoms with van der Waals surface area (Å²) < 4.78 is 6.47. The van der Waals surface area contributed by atoms with Gasteiger partial charge >= 0.3 is 0 Å². The van der Waals surface area contributed by atoms with E-state index >= 15 is 0 Å². The predicted octanol–water partition coefficient (Wildman–Crippen LogP) is 5.45. The van der Waals surface area contributed by atoms with Gasteiger partial charge in [0.1, 0.15) is 5.75 Å². The zero-order valence-corrected chi connectivity index (χ0v) is 18.0. The first-order valence-electron chi connectivity index (χ1n) is 9.15. The van der Waals surface area contributed by atoms with E-state index in [0.717, 1.165) is 28.6 Å². The number of rotatable bonds is 7. The van der Waals surface area contributed by atoms with Crippen molar-refractivity contribution in [2.75, 3.05) is 6.61 Å². The molecule has 0 aromatic heterocycles. The molecule has 0 heterocycles. The van der Waals surface area contributed by atoms with Gasteiger partial charge in [-0.25, -0.2) is 5.43 Å². The molecule has 0 aliphatic carbocycles. The van der Waals surface area contributed by atoms with E-state index in [-0.39, 0.29) is 17.9 Å². The van der Waals surface area contributed by atoms with Crippen molar-refractivity contribution in [2.45, 2.75) is 46.0 Å². The minimum Gasteiger partial charge on any atom is -0.483 e. The fourth-order valence-electron chi connectivity index (χ4n) is 2.52. The number of hydrogen-bond donors (Lipinski definition) is 1. The van der Waals surface area contributed by atoms with Gasteiger partial charge in [0.15, 0.2) is 6.61 Å². The van der Waals surface area contributed by atoms with Gasteiger partial charge in [0.25, 0.3) is 5.91 Å². The number of hydrazone groups is 1. The molecule has 1 amide bonds. The third kappa shape index (κ3) is 6.51. The Morgan fingerprint density at radius 1 is 1.15 bits per heavy atom. The monoisotopic (exact) mass is 430 g/mol. The van der Waals surface area contributed by atoms with Crippen LogP contribution in [0.2, 0.25) is 0 Å². The highest BCUT2D eigenvalue weighted by atomic mass is 79.9. The van der Waals surface area contributed by atoms with Crippen LogP contribution in [0, 0.1) is 0 Å². The molecule has 2 aromatic rings. The van der Waals surface area contributed by atoms with Crippen LogP contribution in [0.1, 0.15) is 51.7 Å². The topological polar surface area (TPSA) is 50.7 Å². The molecule has 0 spiro atoms. The lowest BCUT2D eigenvalue weighted by Gasteiger charge is -2.20. The molecule has 0 saturated carbocycles. The first kappa shape index (κ1) is 21.2. The first-order chi connectivity index (χ1) is 12.8. The minimum atomic E-state index is -0.286. The van der Waals surface area contributed by atoms with E-state index in [1.165, 1.54) is 5.56 Å². The van der Waals surface area contributed by atoms with Crippen molar-refractivity contribution in [3.05, 3.63) is 64.1 Å². The highest BCUT2D eigenvalue weighted by Gasteiger charge is 2.15. The Bertz CT molecular complexity index is 796. The summed E-state index contributed by atoms with van der Waals surface area (Å²) in [6, 6.07) is 15.8. The molecule has 0 aliphatic heterocycles. The zero-order chi connectivity index (χ0) is 19.9. The van der Waals surface area contributed by atoms with Crippen molar-refractivity contribution in [1.82, 2.24) is 5.43 Å². The Morgan fingerprint density at radius 2 is 1.85 bits per heavy atom. The van der Waals surface area contributed by atoms with Crippen LogP contribution in [0.5, 0.6) is 5.75 Å². The van der Waals surface area contributed by atoms with Crippen LogP contribution < -0.4 is 10.2 Å². The number of carbonyl (C=O) groups excluding carboxylic acids is 1. The SMILES string of the molecule is CCCC(=NNC(=O)COc1ccc(C(C)(C)C)cc1Br)c1ccccc1. The largest absolute Gasteiger partial charge is 0.483 e. The summed E-state index contributed by atoms with van der Waals surface area (Å²) in [6.45, 7) is 8.46.